The molecule has 3 aromatic rings. The van der Waals surface area contributed by atoms with Gasteiger partial charge < -0.3 is 9.52 Å². The molecule has 0 saturated heterocycles. The molecule has 0 bridgehead atoms. The minimum absolute atomic E-state index is 0.104. The van der Waals surface area contributed by atoms with E-state index in [1.54, 1.807) is 24.3 Å². The van der Waals surface area contributed by atoms with Crippen molar-refractivity contribution in [2.75, 3.05) is 5.32 Å². The van der Waals surface area contributed by atoms with Gasteiger partial charge in [0.05, 0.1) is 6.26 Å². The van der Waals surface area contributed by atoms with Gasteiger partial charge in [0.15, 0.2) is 10.9 Å². The van der Waals surface area contributed by atoms with Crippen LogP contribution in [0, 0.1) is 6.92 Å². The fourth-order valence-corrected chi connectivity index (χ4v) is 2.85. The maximum atomic E-state index is 12.7. The lowest BCUT2D eigenvalue weighted by molar-refractivity contribution is 0.104. The number of carbonyl (C=O) groups is 2. The third-order valence-electron chi connectivity index (χ3n) is 2.98. The summed E-state index contributed by atoms with van der Waals surface area (Å²) in [5.41, 5.74) is 1.49. The third kappa shape index (κ3) is 3.11. The van der Waals surface area contributed by atoms with Crippen LogP contribution in [0.2, 0.25) is 0 Å². The molecule has 0 saturated carbocycles. The molecule has 0 spiro atoms. The molecule has 1 amide bonds. The van der Waals surface area contributed by atoms with Gasteiger partial charge in [-0.05, 0) is 31.2 Å². The van der Waals surface area contributed by atoms with E-state index in [2.05, 4.69) is 15.3 Å². The van der Waals surface area contributed by atoms with Gasteiger partial charge in [0.1, 0.15) is 10.6 Å². The number of anilines is 1. The number of furan rings is 1. The van der Waals surface area contributed by atoms with E-state index < -0.39 is 6.09 Å². The quantitative estimate of drug-likeness (QED) is 0.710. The Hall–Kier alpha value is -3.00. The fraction of sp³-hybridized carbons (Fsp3) is 0.0667. The Labute approximate surface area is 134 Å². The van der Waals surface area contributed by atoms with E-state index in [-0.39, 0.29) is 15.8 Å². The molecule has 7 nitrogen and oxygen atoms in total. The highest BCUT2D eigenvalue weighted by Gasteiger charge is 2.23. The highest BCUT2D eigenvalue weighted by Crippen LogP contribution is 2.33. The molecule has 0 fully saturated rings. The van der Waals surface area contributed by atoms with Gasteiger partial charge in [-0.15, -0.1) is 0 Å². The number of ketones is 1. The average molecular weight is 329 g/mol. The summed E-state index contributed by atoms with van der Waals surface area (Å²) in [5, 5.41) is 11.1. The first-order valence-corrected chi connectivity index (χ1v) is 7.38. The van der Waals surface area contributed by atoms with Crippen molar-refractivity contribution in [3.8, 4) is 11.5 Å². The van der Waals surface area contributed by atoms with Crippen LogP contribution in [0.25, 0.3) is 11.5 Å². The van der Waals surface area contributed by atoms with Gasteiger partial charge in [-0.25, -0.2) is 9.78 Å². The van der Waals surface area contributed by atoms with Gasteiger partial charge in [0.25, 0.3) is 0 Å². The largest absolute Gasteiger partial charge is 0.465 e. The lowest BCUT2D eigenvalue weighted by atomic mass is 10.1. The van der Waals surface area contributed by atoms with Crippen LogP contribution in [0.3, 0.4) is 0 Å². The molecule has 3 heterocycles. The number of aryl methyl sites for hydroxylation is 1. The van der Waals surface area contributed by atoms with Crippen LogP contribution in [-0.4, -0.2) is 27.0 Å². The summed E-state index contributed by atoms with van der Waals surface area (Å²) in [5.74, 6) is 0.1000. The number of pyridine rings is 1. The number of thiazole rings is 1. The number of amides is 1. The summed E-state index contributed by atoms with van der Waals surface area (Å²) < 4.78 is 5.28. The maximum absolute atomic E-state index is 12.7. The Morgan fingerprint density at radius 1 is 1.30 bits per heavy atom. The second-order valence-electron chi connectivity index (χ2n) is 4.62. The second kappa shape index (κ2) is 6.01. The van der Waals surface area contributed by atoms with Crippen molar-refractivity contribution in [1.29, 1.82) is 0 Å². The van der Waals surface area contributed by atoms with Gasteiger partial charge >= 0.3 is 6.09 Å². The summed E-state index contributed by atoms with van der Waals surface area (Å²) in [7, 11) is 0. The van der Waals surface area contributed by atoms with E-state index in [0.29, 0.717) is 17.0 Å². The Morgan fingerprint density at radius 2 is 2.13 bits per heavy atom. The Kier molecular flexibility index (Phi) is 3.90. The summed E-state index contributed by atoms with van der Waals surface area (Å²) in [6.07, 6.45) is 1.69. The Bertz CT molecular complexity index is 853. The minimum atomic E-state index is -1.25. The second-order valence-corrected chi connectivity index (χ2v) is 5.62. The van der Waals surface area contributed by atoms with E-state index in [0.717, 1.165) is 17.0 Å². The van der Waals surface area contributed by atoms with E-state index in [4.69, 9.17) is 9.52 Å². The Balaban J connectivity index is 2.05. The standard InChI is InChI=1S/C15H11N3O4S/c1-8-4-5-9(7-16-8)12(19)13-11(10-3-2-6-22-10)17-14(23-13)18-15(20)21/h2-7H,1H3,(H,17,18)(H,20,21). The van der Waals surface area contributed by atoms with Crippen molar-refractivity contribution in [3.05, 3.63) is 52.9 Å². The predicted molar refractivity (Wildman–Crippen MR) is 83.9 cm³/mol. The maximum Gasteiger partial charge on any atom is 0.410 e. The number of rotatable bonds is 4. The molecule has 3 rings (SSSR count). The molecule has 23 heavy (non-hydrogen) atoms. The number of hydrogen-bond acceptors (Lipinski definition) is 6. The van der Waals surface area contributed by atoms with E-state index in [1.807, 2.05) is 6.92 Å². The Morgan fingerprint density at radius 3 is 2.74 bits per heavy atom. The molecule has 0 atom stereocenters. The summed E-state index contributed by atoms with van der Waals surface area (Å²) in [4.78, 5) is 32.0. The van der Waals surface area contributed by atoms with E-state index >= 15 is 0 Å². The zero-order chi connectivity index (χ0) is 16.4. The summed E-state index contributed by atoms with van der Waals surface area (Å²) >= 11 is 0.953. The molecule has 0 aliphatic heterocycles. The number of nitrogens with zero attached hydrogens (tertiary/aromatic N) is 2. The average Bonchev–Trinajstić information content (AvgIpc) is 3.15. The van der Waals surface area contributed by atoms with Crippen molar-refractivity contribution in [1.82, 2.24) is 9.97 Å². The van der Waals surface area contributed by atoms with Crippen molar-refractivity contribution >= 4 is 28.3 Å². The summed E-state index contributed by atoms with van der Waals surface area (Å²) in [6.45, 7) is 1.82. The molecule has 116 valence electrons. The topological polar surface area (TPSA) is 105 Å². The lowest BCUT2D eigenvalue weighted by Crippen LogP contribution is -2.06. The van der Waals surface area contributed by atoms with Gasteiger partial charge in [0.2, 0.25) is 5.78 Å². The van der Waals surface area contributed by atoms with Crippen LogP contribution in [0.4, 0.5) is 9.93 Å². The van der Waals surface area contributed by atoms with Crippen LogP contribution in [0.15, 0.2) is 41.1 Å². The highest BCUT2D eigenvalue weighted by atomic mass is 32.1. The molecule has 8 heteroatoms. The van der Waals surface area contributed by atoms with E-state index in [1.165, 1.54) is 12.5 Å². The zero-order valence-corrected chi connectivity index (χ0v) is 12.8. The smallest absolute Gasteiger partial charge is 0.410 e. The van der Waals surface area contributed by atoms with Gasteiger partial charge in [0, 0.05) is 17.5 Å². The fourth-order valence-electron chi connectivity index (χ4n) is 1.93. The third-order valence-corrected chi connectivity index (χ3v) is 3.94. The number of hydrogen-bond donors (Lipinski definition) is 2. The number of nitrogens with one attached hydrogen (secondary N) is 1. The normalized spacial score (nSPS) is 10.5. The minimum Gasteiger partial charge on any atom is -0.465 e. The number of aromatic nitrogens is 2. The molecule has 0 aromatic carbocycles. The molecule has 0 radical (unpaired) electrons. The molecule has 0 aliphatic carbocycles. The molecule has 0 aliphatic rings. The van der Waals surface area contributed by atoms with Crippen LogP contribution >= 0.6 is 11.3 Å². The van der Waals surface area contributed by atoms with Gasteiger partial charge in [-0.3, -0.25) is 15.1 Å². The van der Waals surface area contributed by atoms with Crippen molar-refractivity contribution in [2.45, 2.75) is 6.92 Å². The predicted octanol–water partition coefficient (Wildman–Crippen LogP) is 3.43. The monoisotopic (exact) mass is 329 g/mol. The van der Waals surface area contributed by atoms with Crippen LogP contribution < -0.4 is 5.32 Å². The highest BCUT2D eigenvalue weighted by molar-refractivity contribution is 7.18. The van der Waals surface area contributed by atoms with Crippen LogP contribution in [0.5, 0.6) is 0 Å². The molecule has 3 aromatic heterocycles. The van der Waals surface area contributed by atoms with Gasteiger partial charge in [-0.2, -0.15) is 0 Å². The summed E-state index contributed by atoms with van der Waals surface area (Å²) in [6, 6.07) is 6.72. The van der Waals surface area contributed by atoms with Crippen molar-refractivity contribution < 1.29 is 19.1 Å². The number of carbonyl (C=O) groups excluding carboxylic acids is 1. The molecular formula is C15H11N3O4S. The first-order chi connectivity index (χ1) is 11.0. The zero-order valence-electron chi connectivity index (χ0n) is 11.9. The van der Waals surface area contributed by atoms with Crippen LogP contribution in [0.1, 0.15) is 20.9 Å². The van der Waals surface area contributed by atoms with Crippen molar-refractivity contribution in [3.63, 3.8) is 0 Å². The molecular weight excluding hydrogens is 318 g/mol. The SMILES string of the molecule is Cc1ccc(C(=O)c2sc(NC(=O)O)nc2-c2ccco2)cn1. The van der Waals surface area contributed by atoms with Crippen molar-refractivity contribution in [2.24, 2.45) is 0 Å². The van der Waals surface area contributed by atoms with Crippen LogP contribution in [-0.2, 0) is 0 Å². The molecule has 0 unspecified atom stereocenters. The lowest BCUT2D eigenvalue weighted by Gasteiger charge is -2.00. The van der Waals surface area contributed by atoms with E-state index in [9.17, 15) is 9.59 Å². The first-order valence-electron chi connectivity index (χ1n) is 6.56. The molecule has 2 N–H and O–H groups in total. The van der Waals surface area contributed by atoms with Gasteiger partial charge in [-0.1, -0.05) is 11.3 Å². The first kappa shape index (κ1) is 14.9. The number of carboxylic acid groups (broad SMARTS) is 1.